The highest BCUT2D eigenvalue weighted by Gasteiger charge is 2.06. The molecule has 62 valence electrons. The SMILES string of the molecule is BrCC1=Cc2ccccc2NC1. The summed E-state index contributed by atoms with van der Waals surface area (Å²) < 4.78 is 0. The first-order valence-electron chi connectivity index (χ1n) is 3.98. The van der Waals surface area contributed by atoms with E-state index < -0.39 is 0 Å². The number of alkyl halides is 1. The molecule has 0 fully saturated rings. The molecule has 0 saturated carbocycles. The molecule has 1 nitrogen and oxygen atoms in total. The molecule has 0 amide bonds. The minimum absolute atomic E-state index is 0.953. The van der Waals surface area contributed by atoms with Crippen LogP contribution in [0.4, 0.5) is 5.69 Å². The first-order chi connectivity index (χ1) is 5.90. The van der Waals surface area contributed by atoms with Gasteiger partial charge in [-0.05, 0) is 17.2 Å². The first kappa shape index (κ1) is 7.87. The molecule has 1 aliphatic heterocycles. The van der Waals surface area contributed by atoms with Crippen molar-refractivity contribution in [3.05, 3.63) is 35.4 Å². The van der Waals surface area contributed by atoms with E-state index in [1.807, 2.05) is 0 Å². The standard InChI is InChI=1S/C10H10BrN/c11-6-8-5-9-3-1-2-4-10(9)12-7-8/h1-5,12H,6-7H2. The van der Waals surface area contributed by atoms with Crippen LogP contribution in [0.15, 0.2) is 29.8 Å². The van der Waals surface area contributed by atoms with E-state index in [1.54, 1.807) is 0 Å². The van der Waals surface area contributed by atoms with Crippen LogP contribution in [0.2, 0.25) is 0 Å². The van der Waals surface area contributed by atoms with E-state index in [1.165, 1.54) is 16.8 Å². The third-order valence-electron chi connectivity index (χ3n) is 2.00. The van der Waals surface area contributed by atoms with Crippen LogP contribution in [0.3, 0.4) is 0 Å². The van der Waals surface area contributed by atoms with Gasteiger partial charge in [-0.1, -0.05) is 40.2 Å². The van der Waals surface area contributed by atoms with Gasteiger partial charge in [0.2, 0.25) is 0 Å². The Kier molecular flexibility index (Phi) is 2.17. The van der Waals surface area contributed by atoms with Crippen molar-refractivity contribution in [3.8, 4) is 0 Å². The molecule has 2 rings (SSSR count). The Labute approximate surface area is 80.6 Å². The maximum Gasteiger partial charge on any atom is 0.0416 e. The highest BCUT2D eigenvalue weighted by molar-refractivity contribution is 9.09. The fourth-order valence-corrected chi connectivity index (χ4v) is 1.71. The summed E-state index contributed by atoms with van der Waals surface area (Å²) in [6.45, 7) is 0.961. The molecule has 0 spiro atoms. The second-order valence-electron chi connectivity index (χ2n) is 2.88. The lowest BCUT2D eigenvalue weighted by molar-refractivity contribution is 1.21. The molecule has 0 aromatic heterocycles. The number of rotatable bonds is 1. The lowest BCUT2D eigenvalue weighted by atomic mass is 10.1. The quantitative estimate of drug-likeness (QED) is 0.723. The van der Waals surface area contributed by atoms with Crippen molar-refractivity contribution in [2.45, 2.75) is 0 Å². The van der Waals surface area contributed by atoms with Gasteiger partial charge in [-0.25, -0.2) is 0 Å². The molecule has 0 atom stereocenters. The number of benzene rings is 1. The lowest BCUT2D eigenvalue weighted by Gasteiger charge is -2.16. The van der Waals surface area contributed by atoms with Gasteiger partial charge in [0.15, 0.2) is 0 Å². The van der Waals surface area contributed by atoms with Gasteiger partial charge in [-0.3, -0.25) is 0 Å². The van der Waals surface area contributed by atoms with E-state index >= 15 is 0 Å². The highest BCUT2D eigenvalue weighted by Crippen LogP contribution is 2.23. The van der Waals surface area contributed by atoms with Crippen LogP contribution in [0, 0.1) is 0 Å². The Hall–Kier alpha value is -0.760. The van der Waals surface area contributed by atoms with Crippen molar-refractivity contribution in [2.24, 2.45) is 0 Å². The van der Waals surface area contributed by atoms with Gasteiger partial charge in [0.25, 0.3) is 0 Å². The van der Waals surface area contributed by atoms with Crippen LogP contribution in [-0.2, 0) is 0 Å². The maximum atomic E-state index is 3.45. The molecule has 0 unspecified atom stereocenters. The molecule has 2 heteroatoms. The Balaban J connectivity index is 2.41. The number of fused-ring (bicyclic) bond motifs is 1. The van der Waals surface area contributed by atoms with E-state index in [9.17, 15) is 0 Å². The van der Waals surface area contributed by atoms with E-state index in [0.717, 1.165) is 11.9 Å². The largest absolute Gasteiger partial charge is 0.381 e. The van der Waals surface area contributed by atoms with Crippen molar-refractivity contribution in [1.29, 1.82) is 0 Å². The average molecular weight is 224 g/mol. The molecular weight excluding hydrogens is 214 g/mol. The summed E-state index contributed by atoms with van der Waals surface area (Å²) in [6.07, 6.45) is 2.24. The fourth-order valence-electron chi connectivity index (χ4n) is 1.35. The molecule has 1 aromatic rings. The summed E-state index contributed by atoms with van der Waals surface area (Å²) in [6, 6.07) is 8.36. The van der Waals surface area contributed by atoms with Gasteiger partial charge in [0.1, 0.15) is 0 Å². The smallest absolute Gasteiger partial charge is 0.0416 e. The van der Waals surface area contributed by atoms with Crippen molar-refractivity contribution in [1.82, 2.24) is 0 Å². The fraction of sp³-hybridized carbons (Fsp3) is 0.200. The third-order valence-corrected chi connectivity index (χ3v) is 2.72. The van der Waals surface area contributed by atoms with Gasteiger partial charge >= 0.3 is 0 Å². The van der Waals surface area contributed by atoms with Crippen LogP contribution in [0.25, 0.3) is 6.08 Å². The Morgan fingerprint density at radius 1 is 1.33 bits per heavy atom. The minimum atomic E-state index is 0.953. The molecular formula is C10H10BrN. The monoisotopic (exact) mass is 223 g/mol. The molecule has 12 heavy (non-hydrogen) atoms. The minimum Gasteiger partial charge on any atom is -0.381 e. The van der Waals surface area contributed by atoms with E-state index in [4.69, 9.17) is 0 Å². The average Bonchev–Trinajstić information content (AvgIpc) is 2.17. The van der Waals surface area contributed by atoms with Crippen molar-refractivity contribution in [2.75, 3.05) is 17.2 Å². The number of nitrogens with one attached hydrogen (secondary N) is 1. The number of hydrogen-bond acceptors (Lipinski definition) is 1. The number of anilines is 1. The zero-order valence-electron chi connectivity index (χ0n) is 6.68. The van der Waals surface area contributed by atoms with E-state index in [-0.39, 0.29) is 0 Å². The number of para-hydroxylation sites is 1. The molecule has 1 aliphatic rings. The van der Waals surface area contributed by atoms with Crippen molar-refractivity contribution < 1.29 is 0 Å². The zero-order chi connectivity index (χ0) is 8.39. The molecule has 0 bridgehead atoms. The van der Waals surface area contributed by atoms with Crippen LogP contribution >= 0.6 is 15.9 Å². The lowest BCUT2D eigenvalue weighted by Crippen LogP contribution is -2.10. The third kappa shape index (κ3) is 1.39. The molecule has 1 heterocycles. The van der Waals surface area contributed by atoms with Crippen LogP contribution in [0.1, 0.15) is 5.56 Å². The summed E-state index contributed by atoms with van der Waals surface area (Å²) in [5.41, 5.74) is 3.93. The van der Waals surface area contributed by atoms with E-state index in [0.29, 0.717) is 0 Å². The van der Waals surface area contributed by atoms with Gasteiger partial charge in [0.05, 0.1) is 0 Å². The summed E-state index contributed by atoms with van der Waals surface area (Å²) in [5.74, 6) is 0. The second-order valence-corrected chi connectivity index (χ2v) is 3.44. The highest BCUT2D eigenvalue weighted by atomic mass is 79.9. The first-order valence-corrected chi connectivity index (χ1v) is 5.10. The predicted octanol–water partition coefficient (Wildman–Crippen LogP) is 2.89. The molecule has 0 radical (unpaired) electrons. The van der Waals surface area contributed by atoms with Crippen molar-refractivity contribution in [3.63, 3.8) is 0 Å². The van der Waals surface area contributed by atoms with Crippen LogP contribution < -0.4 is 5.32 Å². The number of halogens is 1. The Morgan fingerprint density at radius 2 is 2.17 bits per heavy atom. The van der Waals surface area contributed by atoms with Gasteiger partial charge in [0, 0.05) is 17.6 Å². The summed E-state index contributed by atoms with van der Waals surface area (Å²) in [7, 11) is 0. The summed E-state index contributed by atoms with van der Waals surface area (Å²) in [4.78, 5) is 0. The molecule has 0 aliphatic carbocycles. The molecule has 1 aromatic carbocycles. The summed E-state index contributed by atoms with van der Waals surface area (Å²) >= 11 is 3.45. The Bertz CT molecular complexity index is 317. The predicted molar refractivity (Wildman–Crippen MR) is 56.7 cm³/mol. The van der Waals surface area contributed by atoms with Crippen LogP contribution in [0.5, 0.6) is 0 Å². The number of hydrogen-bond donors (Lipinski definition) is 1. The normalized spacial score (nSPS) is 14.6. The second kappa shape index (κ2) is 3.31. The zero-order valence-corrected chi connectivity index (χ0v) is 8.26. The molecule has 1 N–H and O–H groups in total. The molecule has 0 saturated heterocycles. The summed E-state index contributed by atoms with van der Waals surface area (Å²) in [5, 5.41) is 4.32. The maximum absolute atomic E-state index is 3.45. The van der Waals surface area contributed by atoms with Gasteiger partial charge in [-0.15, -0.1) is 0 Å². The van der Waals surface area contributed by atoms with Gasteiger partial charge in [-0.2, -0.15) is 0 Å². The Morgan fingerprint density at radius 3 is 3.00 bits per heavy atom. The van der Waals surface area contributed by atoms with Crippen LogP contribution in [-0.4, -0.2) is 11.9 Å². The van der Waals surface area contributed by atoms with Crippen molar-refractivity contribution >= 4 is 27.7 Å². The van der Waals surface area contributed by atoms with E-state index in [2.05, 4.69) is 51.6 Å². The van der Waals surface area contributed by atoms with Gasteiger partial charge < -0.3 is 5.32 Å². The topological polar surface area (TPSA) is 12.0 Å².